The van der Waals surface area contributed by atoms with Crippen molar-refractivity contribution < 1.29 is 18.8 Å². The van der Waals surface area contributed by atoms with Gasteiger partial charge in [0.1, 0.15) is 37.4 Å². The Hall–Kier alpha value is -3.55. The molecule has 1 atom stereocenters. The Labute approximate surface area is 200 Å². The number of methoxy groups -OCH3 is 1. The van der Waals surface area contributed by atoms with E-state index in [1.807, 2.05) is 42.5 Å². The third-order valence-corrected chi connectivity index (χ3v) is 5.01. The van der Waals surface area contributed by atoms with E-state index in [1.165, 1.54) is 20.4 Å². The van der Waals surface area contributed by atoms with E-state index in [4.69, 9.17) is 21.1 Å². The standard InChI is InChI=1S/C23H19ClN5O3S/c1-29(30,33)28-22-13-26-21-10-15(5-8-20(21)27-22)14-3-6-17(7-4-14)32-18-9-16(12-25)23(31-2)19(24)11-18/h3-11,13,30,33H,1-2H3,(H,27,28)/q+1. The maximum Gasteiger partial charge on any atom is 0.197 e. The van der Waals surface area contributed by atoms with Crippen LogP contribution in [0.1, 0.15) is 5.56 Å². The zero-order valence-corrected chi connectivity index (χ0v) is 19.3. The number of benzene rings is 3. The lowest BCUT2D eigenvalue weighted by Gasteiger charge is -2.17. The Morgan fingerprint density at radius 2 is 1.79 bits per heavy atom. The van der Waals surface area contributed by atoms with Crippen LogP contribution in [-0.4, -0.2) is 33.5 Å². The Kier molecular flexibility index (Phi) is 6.26. The number of hydrogen-bond donors (Lipinski definition) is 3. The summed E-state index contributed by atoms with van der Waals surface area (Å²) in [7, 11) is 2.90. The molecule has 10 heteroatoms. The van der Waals surface area contributed by atoms with E-state index in [9.17, 15) is 10.5 Å². The smallest absolute Gasteiger partial charge is 0.197 e. The molecule has 4 rings (SSSR count). The van der Waals surface area contributed by atoms with Gasteiger partial charge in [0.05, 0.1) is 34.9 Å². The molecule has 0 fully saturated rings. The van der Waals surface area contributed by atoms with Crippen LogP contribution < -0.4 is 14.9 Å². The van der Waals surface area contributed by atoms with E-state index in [2.05, 4.69) is 34.3 Å². The fourth-order valence-corrected chi connectivity index (χ4v) is 3.62. The summed E-state index contributed by atoms with van der Waals surface area (Å²) in [5.74, 6) is 1.75. The van der Waals surface area contributed by atoms with Crippen molar-refractivity contribution >= 4 is 41.3 Å². The number of aromatic nitrogens is 2. The molecule has 1 unspecified atom stereocenters. The van der Waals surface area contributed by atoms with E-state index < -0.39 is 4.16 Å². The predicted molar refractivity (Wildman–Crippen MR) is 128 cm³/mol. The number of halogens is 1. The van der Waals surface area contributed by atoms with Crippen LogP contribution in [0.5, 0.6) is 17.2 Å². The second-order valence-corrected chi connectivity index (χ2v) is 8.39. The molecule has 0 amide bonds. The molecule has 8 nitrogen and oxygen atoms in total. The minimum atomic E-state index is -0.757. The Morgan fingerprint density at radius 1 is 1.06 bits per heavy atom. The molecular weight excluding hydrogens is 462 g/mol. The summed E-state index contributed by atoms with van der Waals surface area (Å²) < 4.78 is 10.3. The molecule has 0 radical (unpaired) electrons. The highest BCUT2D eigenvalue weighted by atomic mass is 35.5. The third-order valence-electron chi connectivity index (χ3n) is 4.63. The topological polar surface area (TPSA) is 100 Å². The molecule has 0 spiro atoms. The van der Waals surface area contributed by atoms with Gasteiger partial charge in [0.15, 0.2) is 11.6 Å². The van der Waals surface area contributed by atoms with Crippen molar-refractivity contribution in [1.82, 2.24) is 9.97 Å². The van der Waals surface area contributed by atoms with Crippen LogP contribution in [-0.2, 0) is 0 Å². The van der Waals surface area contributed by atoms with Crippen LogP contribution in [0.25, 0.3) is 22.2 Å². The van der Waals surface area contributed by atoms with Gasteiger partial charge in [-0.15, -0.1) is 0 Å². The Morgan fingerprint density at radius 3 is 2.45 bits per heavy atom. The highest BCUT2D eigenvalue weighted by Gasteiger charge is 2.15. The van der Waals surface area contributed by atoms with Crippen LogP contribution in [0.3, 0.4) is 0 Å². The molecule has 1 heterocycles. The predicted octanol–water partition coefficient (Wildman–Crippen LogP) is 5.63. The van der Waals surface area contributed by atoms with Crippen molar-refractivity contribution in [2.45, 2.75) is 0 Å². The molecular formula is C23H19ClN5O3S+. The lowest BCUT2D eigenvalue weighted by atomic mass is 10.0. The zero-order valence-electron chi connectivity index (χ0n) is 17.7. The molecule has 0 saturated carbocycles. The number of quaternary nitrogens is 1. The lowest BCUT2D eigenvalue weighted by molar-refractivity contribution is -0.955. The van der Waals surface area contributed by atoms with E-state index in [0.717, 1.165) is 11.1 Å². The number of rotatable bonds is 6. The van der Waals surface area contributed by atoms with Crippen molar-refractivity contribution in [1.29, 1.82) is 5.26 Å². The number of nitrogens with one attached hydrogen (secondary N) is 1. The highest BCUT2D eigenvalue weighted by molar-refractivity contribution is 7.74. The minimum absolute atomic E-state index is 0.296. The van der Waals surface area contributed by atoms with Crippen molar-refractivity contribution in [3.63, 3.8) is 0 Å². The van der Waals surface area contributed by atoms with Gasteiger partial charge in [-0.05, 0) is 39.6 Å². The fraction of sp³-hybridized carbons (Fsp3) is 0.0870. The average molecular weight is 481 g/mol. The van der Waals surface area contributed by atoms with Crippen LogP contribution >= 0.6 is 24.4 Å². The Balaban J connectivity index is 1.55. The number of hydroxylamine groups is 1. The molecule has 0 saturated heterocycles. The van der Waals surface area contributed by atoms with E-state index in [1.54, 1.807) is 12.1 Å². The van der Waals surface area contributed by atoms with Gasteiger partial charge in [0.2, 0.25) is 0 Å². The first-order valence-corrected chi connectivity index (χ1v) is 10.5. The number of fused-ring (bicyclic) bond motifs is 1. The van der Waals surface area contributed by atoms with E-state index >= 15 is 0 Å². The molecule has 166 valence electrons. The van der Waals surface area contributed by atoms with Gasteiger partial charge in [-0.25, -0.2) is 4.98 Å². The first kappa shape index (κ1) is 22.6. The summed E-state index contributed by atoms with van der Waals surface area (Å²) in [4.78, 5) is 8.84. The van der Waals surface area contributed by atoms with Gasteiger partial charge in [-0.3, -0.25) is 4.98 Å². The molecule has 1 aromatic heterocycles. The molecule has 3 aromatic carbocycles. The second-order valence-electron chi connectivity index (χ2n) is 7.21. The van der Waals surface area contributed by atoms with Crippen molar-refractivity contribution in [3.8, 4) is 34.4 Å². The number of nitrogens with zero attached hydrogens (tertiary/aromatic N) is 4. The summed E-state index contributed by atoms with van der Waals surface area (Å²) in [5.41, 5.74) is 6.31. The molecule has 2 N–H and O–H groups in total. The lowest BCUT2D eigenvalue weighted by Crippen LogP contribution is -2.35. The normalized spacial score (nSPS) is 12.6. The molecule has 33 heavy (non-hydrogen) atoms. The van der Waals surface area contributed by atoms with E-state index in [0.29, 0.717) is 44.7 Å². The molecule has 0 aliphatic carbocycles. The van der Waals surface area contributed by atoms with Gasteiger partial charge in [-0.1, -0.05) is 29.8 Å². The number of ether oxygens (including phenoxy) is 2. The molecule has 0 aliphatic rings. The minimum Gasteiger partial charge on any atom is -0.494 e. The maximum absolute atomic E-state index is 9.70. The van der Waals surface area contributed by atoms with Gasteiger partial charge in [0, 0.05) is 12.1 Å². The number of anilines is 1. The quantitative estimate of drug-likeness (QED) is 0.187. The summed E-state index contributed by atoms with van der Waals surface area (Å²) >= 11 is 10.2. The van der Waals surface area contributed by atoms with Crippen LogP contribution in [0.2, 0.25) is 5.02 Å². The van der Waals surface area contributed by atoms with Gasteiger partial charge >= 0.3 is 0 Å². The van der Waals surface area contributed by atoms with Gasteiger partial charge in [0.25, 0.3) is 0 Å². The van der Waals surface area contributed by atoms with Crippen LogP contribution in [0, 0.1) is 11.3 Å². The zero-order chi connectivity index (χ0) is 23.6. The van der Waals surface area contributed by atoms with Crippen molar-refractivity contribution in [2.75, 3.05) is 19.6 Å². The van der Waals surface area contributed by atoms with Crippen molar-refractivity contribution in [2.24, 2.45) is 0 Å². The highest BCUT2D eigenvalue weighted by Crippen LogP contribution is 2.35. The molecule has 4 aromatic rings. The average Bonchev–Trinajstić information content (AvgIpc) is 2.78. The molecule has 0 bridgehead atoms. The summed E-state index contributed by atoms with van der Waals surface area (Å²) in [6, 6.07) is 18.5. The van der Waals surface area contributed by atoms with E-state index in [-0.39, 0.29) is 0 Å². The van der Waals surface area contributed by atoms with Crippen LogP contribution in [0.4, 0.5) is 5.82 Å². The Bertz CT molecular complexity index is 1370. The maximum atomic E-state index is 9.70. The van der Waals surface area contributed by atoms with Gasteiger partial charge < -0.3 is 9.47 Å². The van der Waals surface area contributed by atoms with Crippen molar-refractivity contribution in [3.05, 3.63) is 71.4 Å². The third kappa shape index (κ3) is 5.27. The van der Waals surface area contributed by atoms with Gasteiger partial charge in [-0.2, -0.15) is 15.9 Å². The molecule has 0 aliphatic heterocycles. The number of hydrogen-bond acceptors (Lipinski definition) is 8. The monoisotopic (exact) mass is 480 g/mol. The number of nitriles is 1. The largest absolute Gasteiger partial charge is 0.494 e. The second kappa shape index (κ2) is 9.13. The number of thiol groups is 1. The summed E-state index contributed by atoms with van der Waals surface area (Å²) in [5, 5.41) is 19.3. The summed E-state index contributed by atoms with van der Waals surface area (Å²) in [6.07, 6.45) is 1.53. The summed E-state index contributed by atoms with van der Waals surface area (Å²) in [6.45, 7) is 0. The SMILES string of the molecule is COc1c(Cl)cc(Oc2ccc(-c3ccc4nc(N[N+](C)(O)S)cnc4c3)cc2)cc1C#N. The first-order chi connectivity index (χ1) is 15.8. The first-order valence-electron chi connectivity index (χ1n) is 9.69. The van der Waals surface area contributed by atoms with Crippen LogP contribution in [0.15, 0.2) is 60.8 Å². The fourth-order valence-electron chi connectivity index (χ4n) is 3.23.